The monoisotopic (exact) mass is 247 g/mol. The molecule has 2 nitrogen and oxygen atoms in total. The minimum atomic E-state index is -0.312. The highest BCUT2D eigenvalue weighted by molar-refractivity contribution is 5.37. The Morgan fingerprint density at radius 2 is 1.94 bits per heavy atom. The lowest BCUT2D eigenvalue weighted by molar-refractivity contribution is 0.0307. The fourth-order valence-corrected chi connectivity index (χ4v) is 2.41. The number of benzene rings is 1. The van der Waals surface area contributed by atoms with E-state index >= 15 is 0 Å². The summed E-state index contributed by atoms with van der Waals surface area (Å²) in [6, 6.07) is 6.30. The van der Waals surface area contributed by atoms with Crippen LogP contribution in [-0.2, 0) is 11.3 Å². The van der Waals surface area contributed by atoms with Crippen LogP contribution in [0.25, 0.3) is 0 Å². The zero-order valence-corrected chi connectivity index (χ0v) is 10.5. The van der Waals surface area contributed by atoms with Crippen LogP contribution in [0.5, 0.6) is 0 Å². The molecule has 0 saturated heterocycles. The van der Waals surface area contributed by atoms with E-state index in [1.165, 1.54) is 43.9 Å². The summed E-state index contributed by atoms with van der Waals surface area (Å²) >= 11 is 0. The van der Waals surface area contributed by atoms with Crippen molar-refractivity contribution in [2.45, 2.75) is 51.2 Å². The fourth-order valence-electron chi connectivity index (χ4n) is 2.41. The molecule has 1 aliphatic carbocycles. The van der Waals surface area contributed by atoms with Crippen molar-refractivity contribution in [2.75, 3.05) is 0 Å². The Balaban J connectivity index is 1.96. The van der Waals surface area contributed by atoms with E-state index in [2.05, 4.69) is 6.07 Å². The number of hydrogen-bond donors (Lipinski definition) is 0. The average Bonchev–Trinajstić information content (AvgIpc) is 2.65. The number of rotatable bonds is 3. The highest BCUT2D eigenvalue weighted by atomic mass is 19.1. The molecule has 0 radical (unpaired) electrons. The van der Waals surface area contributed by atoms with Crippen LogP contribution < -0.4 is 0 Å². The topological polar surface area (TPSA) is 33.0 Å². The van der Waals surface area contributed by atoms with Crippen LogP contribution in [0.4, 0.5) is 4.39 Å². The number of nitrogens with zero attached hydrogens (tertiary/aromatic N) is 1. The molecule has 0 unspecified atom stereocenters. The molecular weight excluding hydrogens is 229 g/mol. The van der Waals surface area contributed by atoms with E-state index in [0.717, 1.165) is 12.8 Å². The molecule has 18 heavy (non-hydrogen) atoms. The average molecular weight is 247 g/mol. The number of halogens is 1. The van der Waals surface area contributed by atoms with Crippen LogP contribution in [0, 0.1) is 17.1 Å². The second-order valence-corrected chi connectivity index (χ2v) is 4.84. The Bertz CT molecular complexity index is 431. The van der Waals surface area contributed by atoms with E-state index in [1.54, 1.807) is 0 Å². The molecule has 0 aliphatic heterocycles. The molecule has 1 aromatic carbocycles. The van der Waals surface area contributed by atoms with Gasteiger partial charge in [0.1, 0.15) is 5.82 Å². The Hall–Kier alpha value is -1.40. The van der Waals surface area contributed by atoms with Gasteiger partial charge in [0.2, 0.25) is 0 Å². The van der Waals surface area contributed by atoms with Crippen molar-refractivity contribution in [3.05, 3.63) is 35.1 Å². The van der Waals surface area contributed by atoms with Gasteiger partial charge in [0.15, 0.2) is 0 Å². The van der Waals surface area contributed by atoms with Gasteiger partial charge in [-0.25, -0.2) is 4.39 Å². The lowest BCUT2D eigenvalue weighted by atomic mass is 10.1. The van der Waals surface area contributed by atoms with Gasteiger partial charge in [0, 0.05) is 0 Å². The third-order valence-corrected chi connectivity index (χ3v) is 3.46. The summed E-state index contributed by atoms with van der Waals surface area (Å²) in [6.07, 6.45) is 7.40. The highest BCUT2D eigenvalue weighted by Gasteiger charge is 2.13. The maximum atomic E-state index is 13.1. The maximum Gasteiger partial charge on any atom is 0.123 e. The summed E-state index contributed by atoms with van der Waals surface area (Å²) < 4.78 is 19.0. The Morgan fingerprint density at radius 3 is 2.61 bits per heavy atom. The molecule has 0 N–H and O–H groups in total. The van der Waals surface area contributed by atoms with E-state index in [4.69, 9.17) is 10.00 Å². The second-order valence-electron chi connectivity index (χ2n) is 4.84. The minimum Gasteiger partial charge on any atom is -0.373 e. The quantitative estimate of drug-likeness (QED) is 0.758. The van der Waals surface area contributed by atoms with Crippen LogP contribution in [0.15, 0.2) is 18.2 Å². The van der Waals surface area contributed by atoms with Gasteiger partial charge in [-0.05, 0) is 36.6 Å². The fraction of sp³-hybridized carbons (Fsp3) is 0.533. The maximum absolute atomic E-state index is 13.1. The van der Waals surface area contributed by atoms with Crippen molar-refractivity contribution in [3.8, 4) is 6.07 Å². The smallest absolute Gasteiger partial charge is 0.123 e. The van der Waals surface area contributed by atoms with Gasteiger partial charge < -0.3 is 4.74 Å². The van der Waals surface area contributed by atoms with Gasteiger partial charge in [0.25, 0.3) is 0 Å². The highest BCUT2D eigenvalue weighted by Crippen LogP contribution is 2.21. The molecule has 1 fully saturated rings. The Morgan fingerprint density at radius 1 is 1.22 bits per heavy atom. The molecule has 0 aromatic heterocycles. The van der Waals surface area contributed by atoms with Crippen LogP contribution in [0.3, 0.4) is 0 Å². The predicted octanol–water partition coefficient (Wildman–Crippen LogP) is 3.94. The Labute approximate surface area is 107 Å². The molecule has 0 spiro atoms. The summed E-state index contributed by atoms with van der Waals surface area (Å²) in [5, 5.41) is 8.96. The van der Waals surface area contributed by atoms with Crippen LogP contribution >= 0.6 is 0 Å². The van der Waals surface area contributed by atoms with Gasteiger partial charge in [-0.15, -0.1) is 0 Å². The molecule has 2 rings (SSSR count). The van der Waals surface area contributed by atoms with Crippen LogP contribution in [0.1, 0.15) is 49.7 Å². The van der Waals surface area contributed by atoms with Gasteiger partial charge in [-0.1, -0.05) is 25.7 Å². The van der Waals surface area contributed by atoms with Gasteiger partial charge in [0.05, 0.1) is 24.3 Å². The van der Waals surface area contributed by atoms with Crippen molar-refractivity contribution >= 4 is 0 Å². The van der Waals surface area contributed by atoms with E-state index in [1.807, 2.05) is 0 Å². The summed E-state index contributed by atoms with van der Waals surface area (Å²) in [5.74, 6) is -0.312. The molecule has 0 amide bonds. The molecule has 3 heteroatoms. The van der Waals surface area contributed by atoms with Gasteiger partial charge in [-0.3, -0.25) is 0 Å². The summed E-state index contributed by atoms with van der Waals surface area (Å²) in [7, 11) is 0. The van der Waals surface area contributed by atoms with Crippen molar-refractivity contribution in [3.63, 3.8) is 0 Å². The summed E-state index contributed by atoms with van der Waals surface area (Å²) in [4.78, 5) is 0. The molecule has 96 valence electrons. The van der Waals surface area contributed by atoms with Crippen LogP contribution in [-0.4, -0.2) is 6.10 Å². The van der Waals surface area contributed by atoms with E-state index in [-0.39, 0.29) is 11.9 Å². The molecule has 1 aromatic rings. The number of ether oxygens (including phenoxy) is 1. The first-order chi connectivity index (χ1) is 8.79. The standard InChI is InChI=1S/C15H18FNO/c16-14-8-7-12(10-17)13(9-14)11-18-15-5-3-1-2-4-6-15/h7-9,15H,1-6,11H2. The molecule has 0 bridgehead atoms. The molecule has 1 saturated carbocycles. The third kappa shape index (κ3) is 3.54. The lowest BCUT2D eigenvalue weighted by Gasteiger charge is -2.15. The number of nitriles is 1. The molecular formula is C15H18FNO. The van der Waals surface area contributed by atoms with Crippen LogP contribution in [0.2, 0.25) is 0 Å². The normalized spacial score (nSPS) is 17.1. The van der Waals surface area contributed by atoms with E-state index < -0.39 is 0 Å². The first-order valence-electron chi connectivity index (χ1n) is 6.60. The van der Waals surface area contributed by atoms with Crippen molar-refractivity contribution < 1.29 is 9.13 Å². The summed E-state index contributed by atoms with van der Waals surface area (Å²) in [6.45, 7) is 0.339. The lowest BCUT2D eigenvalue weighted by Crippen LogP contribution is -2.12. The van der Waals surface area contributed by atoms with Gasteiger partial charge in [-0.2, -0.15) is 5.26 Å². The van der Waals surface area contributed by atoms with E-state index in [9.17, 15) is 4.39 Å². The van der Waals surface area contributed by atoms with Crippen molar-refractivity contribution in [1.82, 2.24) is 0 Å². The second kappa shape index (κ2) is 6.51. The number of hydrogen-bond acceptors (Lipinski definition) is 2. The van der Waals surface area contributed by atoms with Crippen molar-refractivity contribution in [2.24, 2.45) is 0 Å². The predicted molar refractivity (Wildman–Crippen MR) is 67.4 cm³/mol. The molecule has 0 heterocycles. The summed E-state index contributed by atoms with van der Waals surface area (Å²) in [5.41, 5.74) is 1.16. The Kier molecular flexibility index (Phi) is 4.72. The van der Waals surface area contributed by atoms with E-state index in [0.29, 0.717) is 17.7 Å². The first kappa shape index (κ1) is 13.0. The zero-order valence-electron chi connectivity index (χ0n) is 10.5. The first-order valence-corrected chi connectivity index (χ1v) is 6.60. The molecule has 1 aliphatic rings. The minimum absolute atomic E-state index is 0.266. The van der Waals surface area contributed by atoms with Gasteiger partial charge >= 0.3 is 0 Å². The third-order valence-electron chi connectivity index (χ3n) is 3.46. The van der Waals surface area contributed by atoms with Crippen molar-refractivity contribution in [1.29, 1.82) is 5.26 Å². The zero-order chi connectivity index (χ0) is 12.8. The SMILES string of the molecule is N#Cc1ccc(F)cc1COC1CCCCCC1. The largest absolute Gasteiger partial charge is 0.373 e. The molecule has 0 atom stereocenters.